The van der Waals surface area contributed by atoms with Crippen LogP contribution < -0.4 is 10.1 Å². The average molecular weight is 461 g/mol. The summed E-state index contributed by atoms with van der Waals surface area (Å²) in [7, 11) is 0. The van der Waals surface area contributed by atoms with Gasteiger partial charge < -0.3 is 14.6 Å². The lowest BCUT2D eigenvalue weighted by Crippen LogP contribution is -2.18. The first kappa shape index (κ1) is 22.3. The molecule has 166 valence electrons. The number of hydrogen-bond acceptors (Lipinski definition) is 5. The third kappa shape index (κ3) is 5.13. The van der Waals surface area contributed by atoms with Crippen LogP contribution >= 0.6 is 11.6 Å². The Hall–Kier alpha value is -3.90. The number of carbonyl (C=O) groups excluding carboxylic acids is 2. The van der Waals surface area contributed by atoms with Gasteiger partial charge in [-0.3, -0.25) is 9.59 Å². The van der Waals surface area contributed by atoms with Gasteiger partial charge in [-0.2, -0.15) is 0 Å². The zero-order chi connectivity index (χ0) is 23.4. The third-order valence-electron chi connectivity index (χ3n) is 5.08. The molecular weight excluding hydrogens is 440 g/mol. The van der Waals surface area contributed by atoms with E-state index in [1.54, 1.807) is 43.3 Å². The molecule has 0 aliphatic rings. The van der Waals surface area contributed by atoms with E-state index >= 15 is 0 Å². The number of aryl methyl sites for hydroxylation is 2. The number of benzene rings is 3. The van der Waals surface area contributed by atoms with Gasteiger partial charge >= 0.3 is 0 Å². The standard InChI is InChI=1S/C26H21ClN2O4/c1-16-7-6-10-20(13-16)32-15-22-17(2)33-29-24(22)26(31)28-23-12-11-19(27)14-21(23)25(30)18-8-4-3-5-9-18/h3-14H,15H2,1-2H3,(H,28,31). The van der Waals surface area contributed by atoms with Crippen molar-refractivity contribution in [3.63, 3.8) is 0 Å². The van der Waals surface area contributed by atoms with Crippen LogP contribution in [0.1, 0.15) is 43.3 Å². The van der Waals surface area contributed by atoms with E-state index < -0.39 is 5.91 Å². The van der Waals surface area contributed by atoms with E-state index in [0.717, 1.165) is 5.56 Å². The van der Waals surface area contributed by atoms with Crippen molar-refractivity contribution in [2.24, 2.45) is 0 Å². The normalized spacial score (nSPS) is 10.6. The molecule has 0 aliphatic heterocycles. The lowest BCUT2D eigenvalue weighted by molar-refractivity contribution is 0.101. The Morgan fingerprint density at radius 2 is 1.79 bits per heavy atom. The number of nitrogens with one attached hydrogen (secondary N) is 1. The molecule has 0 bridgehead atoms. The van der Waals surface area contributed by atoms with E-state index in [0.29, 0.717) is 33.3 Å². The lowest BCUT2D eigenvalue weighted by Gasteiger charge is -2.11. The zero-order valence-electron chi connectivity index (χ0n) is 18.1. The second kappa shape index (κ2) is 9.71. The molecule has 1 N–H and O–H groups in total. The minimum absolute atomic E-state index is 0.0909. The van der Waals surface area contributed by atoms with Crippen molar-refractivity contribution in [1.82, 2.24) is 5.16 Å². The predicted molar refractivity (Wildman–Crippen MR) is 126 cm³/mol. The largest absolute Gasteiger partial charge is 0.489 e. The van der Waals surface area contributed by atoms with Crippen LogP contribution in [0.4, 0.5) is 5.69 Å². The Bertz CT molecular complexity index is 1320. The summed E-state index contributed by atoms with van der Waals surface area (Å²) in [4.78, 5) is 26.1. The van der Waals surface area contributed by atoms with Crippen LogP contribution in [0, 0.1) is 13.8 Å². The van der Waals surface area contributed by atoms with Gasteiger partial charge in [-0.15, -0.1) is 0 Å². The quantitative estimate of drug-likeness (QED) is 0.342. The minimum atomic E-state index is -0.515. The third-order valence-corrected chi connectivity index (χ3v) is 5.32. The molecule has 0 fully saturated rings. The molecule has 3 aromatic carbocycles. The molecule has 1 amide bonds. The number of hydrogen-bond donors (Lipinski definition) is 1. The fourth-order valence-electron chi connectivity index (χ4n) is 3.34. The van der Waals surface area contributed by atoms with Gasteiger partial charge in [0.05, 0.1) is 11.3 Å². The molecular formula is C26H21ClN2O4. The Labute approximate surface area is 196 Å². The maximum atomic E-state index is 13.1. The summed E-state index contributed by atoms with van der Waals surface area (Å²) in [5.74, 6) is 0.381. The number of halogens is 1. The highest BCUT2D eigenvalue weighted by Gasteiger charge is 2.23. The van der Waals surface area contributed by atoms with E-state index in [1.165, 1.54) is 6.07 Å². The average Bonchev–Trinajstić information content (AvgIpc) is 3.19. The van der Waals surface area contributed by atoms with E-state index in [9.17, 15) is 9.59 Å². The van der Waals surface area contributed by atoms with Crippen molar-refractivity contribution in [3.8, 4) is 5.75 Å². The van der Waals surface area contributed by atoms with Crippen molar-refractivity contribution in [1.29, 1.82) is 0 Å². The number of anilines is 1. The Morgan fingerprint density at radius 3 is 2.55 bits per heavy atom. The molecule has 4 rings (SSSR count). The number of rotatable bonds is 7. The van der Waals surface area contributed by atoms with Crippen molar-refractivity contribution >= 4 is 29.0 Å². The SMILES string of the molecule is Cc1cccc(OCc2c(C(=O)Nc3ccc(Cl)cc3C(=O)c3ccccc3)noc2C)c1. The van der Waals surface area contributed by atoms with E-state index in [2.05, 4.69) is 10.5 Å². The number of amides is 1. The van der Waals surface area contributed by atoms with Gasteiger partial charge in [0.15, 0.2) is 11.5 Å². The van der Waals surface area contributed by atoms with Crippen LogP contribution in [0.5, 0.6) is 5.75 Å². The highest BCUT2D eigenvalue weighted by molar-refractivity contribution is 6.31. The fraction of sp³-hybridized carbons (Fsp3) is 0.115. The summed E-state index contributed by atoms with van der Waals surface area (Å²) in [6, 6.07) is 21.1. The Kier molecular flexibility index (Phi) is 6.56. The molecule has 7 heteroatoms. The Balaban J connectivity index is 1.58. The second-order valence-corrected chi connectivity index (χ2v) is 7.95. The number of ether oxygens (including phenoxy) is 1. The highest BCUT2D eigenvalue weighted by atomic mass is 35.5. The summed E-state index contributed by atoms with van der Waals surface area (Å²) < 4.78 is 11.1. The highest BCUT2D eigenvalue weighted by Crippen LogP contribution is 2.25. The molecule has 0 unspecified atom stereocenters. The predicted octanol–water partition coefficient (Wildman–Crippen LogP) is 6.01. The van der Waals surface area contributed by atoms with Gasteiger partial charge in [-0.1, -0.05) is 59.2 Å². The molecule has 0 saturated heterocycles. The molecule has 0 radical (unpaired) electrons. The topological polar surface area (TPSA) is 81.4 Å². The van der Waals surface area contributed by atoms with Crippen LogP contribution in [-0.4, -0.2) is 16.8 Å². The first-order valence-electron chi connectivity index (χ1n) is 10.3. The molecule has 0 atom stereocenters. The summed E-state index contributed by atoms with van der Waals surface area (Å²) in [6.45, 7) is 3.79. The summed E-state index contributed by atoms with van der Waals surface area (Å²) in [6.07, 6.45) is 0. The lowest BCUT2D eigenvalue weighted by atomic mass is 10.0. The van der Waals surface area contributed by atoms with Gasteiger partial charge in [0.2, 0.25) is 0 Å². The summed E-state index contributed by atoms with van der Waals surface area (Å²) in [5.41, 5.74) is 2.77. The van der Waals surface area contributed by atoms with E-state index in [1.807, 2.05) is 37.3 Å². The Morgan fingerprint density at radius 1 is 1.00 bits per heavy atom. The first-order valence-corrected chi connectivity index (χ1v) is 10.7. The van der Waals surface area contributed by atoms with Gasteiger partial charge in [-0.05, 0) is 49.7 Å². The van der Waals surface area contributed by atoms with Gasteiger partial charge in [0.25, 0.3) is 5.91 Å². The molecule has 1 aromatic heterocycles. The molecule has 4 aromatic rings. The number of ketones is 1. The van der Waals surface area contributed by atoms with Crippen LogP contribution in [0.2, 0.25) is 5.02 Å². The number of aromatic nitrogens is 1. The number of carbonyl (C=O) groups is 2. The molecule has 0 spiro atoms. The van der Waals surface area contributed by atoms with E-state index in [4.69, 9.17) is 20.9 Å². The molecule has 1 heterocycles. The van der Waals surface area contributed by atoms with Crippen LogP contribution in [0.15, 0.2) is 77.3 Å². The van der Waals surface area contributed by atoms with Crippen molar-refractivity contribution in [2.45, 2.75) is 20.5 Å². The van der Waals surface area contributed by atoms with Crippen LogP contribution in [0.3, 0.4) is 0 Å². The summed E-state index contributed by atoms with van der Waals surface area (Å²) >= 11 is 6.13. The monoisotopic (exact) mass is 460 g/mol. The molecule has 0 aliphatic carbocycles. The smallest absolute Gasteiger partial charge is 0.278 e. The maximum Gasteiger partial charge on any atom is 0.278 e. The van der Waals surface area contributed by atoms with Crippen molar-refractivity contribution in [3.05, 3.63) is 112 Å². The van der Waals surface area contributed by atoms with Gasteiger partial charge in [0.1, 0.15) is 18.1 Å². The van der Waals surface area contributed by atoms with Gasteiger partial charge in [0, 0.05) is 16.1 Å². The van der Waals surface area contributed by atoms with Crippen LogP contribution in [0.25, 0.3) is 0 Å². The maximum absolute atomic E-state index is 13.1. The zero-order valence-corrected chi connectivity index (χ0v) is 18.8. The fourth-order valence-corrected chi connectivity index (χ4v) is 3.51. The number of nitrogens with zero attached hydrogens (tertiary/aromatic N) is 1. The van der Waals surface area contributed by atoms with Crippen LogP contribution in [-0.2, 0) is 6.61 Å². The van der Waals surface area contributed by atoms with E-state index in [-0.39, 0.29) is 23.6 Å². The first-order chi connectivity index (χ1) is 15.9. The van der Waals surface area contributed by atoms with Crippen molar-refractivity contribution in [2.75, 3.05) is 5.32 Å². The molecule has 6 nitrogen and oxygen atoms in total. The second-order valence-electron chi connectivity index (χ2n) is 7.51. The minimum Gasteiger partial charge on any atom is -0.489 e. The summed E-state index contributed by atoms with van der Waals surface area (Å²) in [5, 5.41) is 7.07. The van der Waals surface area contributed by atoms with Gasteiger partial charge in [-0.25, -0.2) is 0 Å². The molecule has 33 heavy (non-hydrogen) atoms. The molecule has 0 saturated carbocycles. The van der Waals surface area contributed by atoms with Crippen molar-refractivity contribution < 1.29 is 18.8 Å².